The Hall–Kier alpha value is -2.44. The Labute approximate surface area is 135 Å². The van der Waals surface area contributed by atoms with Gasteiger partial charge in [-0.25, -0.2) is 0 Å². The molecule has 7 nitrogen and oxygen atoms in total. The third-order valence-corrected chi connectivity index (χ3v) is 4.15. The number of hydrogen-bond acceptors (Lipinski definition) is 5. The van der Waals surface area contributed by atoms with E-state index >= 15 is 0 Å². The van der Waals surface area contributed by atoms with E-state index in [0.29, 0.717) is 11.6 Å². The van der Waals surface area contributed by atoms with E-state index in [0.717, 1.165) is 31.8 Å². The highest BCUT2D eigenvalue weighted by atomic mass is 16.6. The van der Waals surface area contributed by atoms with Crippen LogP contribution in [0.1, 0.15) is 38.6 Å². The van der Waals surface area contributed by atoms with Gasteiger partial charge in [0.1, 0.15) is 12.0 Å². The highest BCUT2D eigenvalue weighted by Gasteiger charge is 2.33. The van der Waals surface area contributed by atoms with Crippen LogP contribution in [-0.4, -0.2) is 26.2 Å². The maximum absolute atomic E-state index is 11.3. The lowest BCUT2D eigenvalue weighted by Gasteiger charge is -2.26. The van der Waals surface area contributed by atoms with Crippen LogP contribution in [0, 0.1) is 16.0 Å². The topological polar surface area (TPSA) is 77.1 Å². The number of nitro benzene ring substituents is 1. The molecule has 1 saturated heterocycles. The first kappa shape index (κ1) is 15.5. The zero-order valence-corrected chi connectivity index (χ0v) is 13.4. The van der Waals surface area contributed by atoms with Crippen molar-refractivity contribution in [1.82, 2.24) is 14.8 Å². The molecule has 122 valence electrons. The van der Waals surface area contributed by atoms with Gasteiger partial charge in [-0.3, -0.25) is 10.1 Å². The molecule has 1 fully saturated rings. The summed E-state index contributed by atoms with van der Waals surface area (Å²) in [5.74, 6) is 1.39. The summed E-state index contributed by atoms with van der Waals surface area (Å²) in [6.45, 7) is 5.95. The van der Waals surface area contributed by atoms with E-state index in [1.807, 2.05) is 12.1 Å². The number of rotatable bonds is 5. The molecule has 1 unspecified atom stereocenters. The van der Waals surface area contributed by atoms with Crippen molar-refractivity contribution in [3.05, 3.63) is 46.5 Å². The van der Waals surface area contributed by atoms with Gasteiger partial charge in [0.15, 0.2) is 5.82 Å². The molecule has 0 radical (unpaired) electrons. The standard InChI is InChI=1S/C16H21N5O2/c1-12(2)10-19-11-17-18-16(19)15-8-5-9-20(15)13-6-3-4-7-14(13)21(22)23/h3-4,6-7,11-12,15H,5,8-10H2,1-2H3. The molecule has 1 aromatic carbocycles. The van der Waals surface area contributed by atoms with Crippen molar-refractivity contribution in [2.24, 2.45) is 5.92 Å². The Morgan fingerprint density at radius 2 is 2.17 bits per heavy atom. The minimum Gasteiger partial charge on any atom is -0.356 e. The van der Waals surface area contributed by atoms with Gasteiger partial charge in [-0.15, -0.1) is 10.2 Å². The number of aromatic nitrogens is 3. The molecule has 1 aliphatic heterocycles. The lowest BCUT2D eigenvalue weighted by atomic mass is 10.1. The van der Waals surface area contributed by atoms with Crippen LogP contribution < -0.4 is 4.90 Å². The maximum atomic E-state index is 11.3. The zero-order chi connectivity index (χ0) is 16.4. The van der Waals surface area contributed by atoms with Gasteiger partial charge in [0, 0.05) is 19.2 Å². The molecule has 23 heavy (non-hydrogen) atoms. The first-order chi connectivity index (χ1) is 11.1. The number of hydrogen-bond donors (Lipinski definition) is 0. The first-order valence-corrected chi connectivity index (χ1v) is 7.95. The van der Waals surface area contributed by atoms with Crippen LogP contribution in [0.5, 0.6) is 0 Å². The fourth-order valence-corrected chi connectivity index (χ4v) is 3.24. The van der Waals surface area contributed by atoms with Crippen LogP contribution in [0.25, 0.3) is 0 Å². The highest BCUT2D eigenvalue weighted by molar-refractivity contribution is 5.64. The summed E-state index contributed by atoms with van der Waals surface area (Å²) in [5.41, 5.74) is 0.813. The summed E-state index contributed by atoms with van der Waals surface area (Å²) in [5, 5.41) is 19.7. The molecule has 1 atom stereocenters. The van der Waals surface area contributed by atoms with Crippen LogP contribution in [-0.2, 0) is 6.54 Å². The predicted octanol–water partition coefficient (Wildman–Crippen LogP) is 3.18. The number of nitro groups is 1. The van der Waals surface area contributed by atoms with Gasteiger partial charge in [-0.1, -0.05) is 26.0 Å². The van der Waals surface area contributed by atoms with Crippen molar-refractivity contribution in [2.45, 2.75) is 39.3 Å². The molecule has 0 amide bonds. The highest BCUT2D eigenvalue weighted by Crippen LogP contribution is 2.39. The van der Waals surface area contributed by atoms with E-state index in [9.17, 15) is 10.1 Å². The Kier molecular flexibility index (Phi) is 4.27. The molecule has 7 heteroatoms. The van der Waals surface area contributed by atoms with Gasteiger partial charge in [-0.2, -0.15) is 0 Å². The van der Waals surface area contributed by atoms with E-state index in [1.54, 1.807) is 18.5 Å². The quantitative estimate of drug-likeness (QED) is 0.625. The van der Waals surface area contributed by atoms with Gasteiger partial charge in [0.25, 0.3) is 5.69 Å². The number of nitrogens with zero attached hydrogens (tertiary/aromatic N) is 5. The average Bonchev–Trinajstić information content (AvgIpc) is 3.14. The third-order valence-electron chi connectivity index (χ3n) is 4.15. The van der Waals surface area contributed by atoms with Gasteiger partial charge in [0.05, 0.1) is 11.0 Å². The summed E-state index contributed by atoms with van der Waals surface area (Å²) in [4.78, 5) is 13.1. The normalized spacial score (nSPS) is 17.9. The fourth-order valence-electron chi connectivity index (χ4n) is 3.24. The molecular weight excluding hydrogens is 294 g/mol. The molecule has 1 aliphatic rings. The SMILES string of the molecule is CC(C)Cn1cnnc1C1CCCN1c1ccccc1[N+](=O)[O-]. The van der Waals surface area contributed by atoms with Gasteiger partial charge >= 0.3 is 0 Å². The minimum atomic E-state index is -0.316. The monoisotopic (exact) mass is 315 g/mol. The minimum absolute atomic E-state index is 0.0392. The molecule has 0 spiro atoms. The molecule has 0 N–H and O–H groups in total. The smallest absolute Gasteiger partial charge is 0.292 e. The van der Waals surface area contributed by atoms with Gasteiger partial charge in [0.2, 0.25) is 0 Å². The molecule has 3 rings (SSSR count). The first-order valence-electron chi connectivity index (χ1n) is 7.95. The third kappa shape index (κ3) is 3.04. The summed E-state index contributed by atoms with van der Waals surface area (Å²) >= 11 is 0. The van der Waals surface area contributed by atoms with E-state index < -0.39 is 0 Å². The van der Waals surface area contributed by atoms with Crippen molar-refractivity contribution in [3.63, 3.8) is 0 Å². The summed E-state index contributed by atoms with van der Waals surface area (Å²) in [7, 11) is 0. The van der Waals surface area contributed by atoms with Crippen LogP contribution in [0.15, 0.2) is 30.6 Å². The van der Waals surface area contributed by atoms with E-state index in [1.165, 1.54) is 0 Å². The summed E-state index contributed by atoms with van der Waals surface area (Å²) in [6.07, 6.45) is 3.68. The zero-order valence-electron chi connectivity index (χ0n) is 13.4. The lowest BCUT2D eigenvalue weighted by Crippen LogP contribution is -2.26. The molecule has 1 aromatic heterocycles. The summed E-state index contributed by atoms with van der Waals surface area (Å²) in [6, 6.07) is 6.96. The van der Waals surface area contributed by atoms with Crippen LogP contribution >= 0.6 is 0 Å². The van der Waals surface area contributed by atoms with E-state index in [4.69, 9.17) is 0 Å². The second kappa shape index (κ2) is 6.36. The Morgan fingerprint density at radius 1 is 1.39 bits per heavy atom. The van der Waals surface area contributed by atoms with Crippen LogP contribution in [0.3, 0.4) is 0 Å². The fraction of sp³-hybridized carbons (Fsp3) is 0.500. The van der Waals surface area contributed by atoms with Gasteiger partial charge in [-0.05, 0) is 24.8 Å². The Morgan fingerprint density at radius 3 is 2.91 bits per heavy atom. The Bertz CT molecular complexity index is 697. The van der Waals surface area contributed by atoms with E-state index in [2.05, 4.69) is 33.5 Å². The number of benzene rings is 1. The second-order valence-electron chi connectivity index (χ2n) is 6.33. The van der Waals surface area contributed by atoms with Crippen LogP contribution in [0.4, 0.5) is 11.4 Å². The van der Waals surface area contributed by atoms with Crippen molar-refractivity contribution < 1.29 is 4.92 Å². The van der Waals surface area contributed by atoms with Crippen LogP contribution in [0.2, 0.25) is 0 Å². The van der Waals surface area contributed by atoms with Gasteiger partial charge < -0.3 is 9.47 Å². The van der Waals surface area contributed by atoms with Crippen molar-refractivity contribution in [2.75, 3.05) is 11.4 Å². The van der Waals surface area contributed by atoms with E-state index in [-0.39, 0.29) is 16.7 Å². The number of anilines is 1. The molecule has 0 saturated carbocycles. The summed E-state index contributed by atoms with van der Waals surface area (Å²) < 4.78 is 2.07. The average molecular weight is 315 g/mol. The molecule has 2 aromatic rings. The largest absolute Gasteiger partial charge is 0.356 e. The molecule has 0 bridgehead atoms. The molecule has 0 aliphatic carbocycles. The predicted molar refractivity (Wildman–Crippen MR) is 87.3 cm³/mol. The maximum Gasteiger partial charge on any atom is 0.292 e. The van der Waals surface area contributed by atoms with Crippen molar-refractivity contribution in [3.8, 4) is 0 Å². The number of para-hydroxylation sites is 2. The molecule has 2 heterocycles. The second-order valence-corrected chi connectivity index (χ2v) is 6.33. The van der Waals surface area contributed by atoms with Crippen molar-refractivity contribution >= 4 is 11.4 Å². The van der Waals surface area contributed by atoms with Crippen molar-refractivity contribution in [1.29, 1.82) is 0 Å². The lowest BCUT2D eigenvalue weighted by molar-refractivity contribution is -0.384. The molecular formula is C16H21N5O2. The Balaban J connectivity index is 1.96.